The molecule has 0 fully saturated rings. The van der Waals surface area contributed by atoms with Crippen LogP contribution in [0.25, 0.3) is 0 Å². The van der Waals surface area contributed by atoms with Crippen molar-refractivity contribution in [2.75, 3.05) is 7.11 Å². The number of hydrogen-bond donors (Lipinski definition) is 1. The summed E-state index contributed by atoms with van der Waals surface area (Å²) in [5.74, 6) is -0.184. The Balaban J connectivity index is 0.000000292. The molecule has 0 aliphatic heterocycles. The average molecular weight is 199 g/mol. The maximum Gasteiger partial charge on any atom is 0.302 e. The Hall–Kier alpha value is -1.32. The minimum Gasteiger partial charge on any atom is -0.469 e. The highest BCUT2D eigenvalue weighted by molar-refractivity contribution is 5.73. The number of amides is 1. The van der Waals surface area contributed by atoms with Gasteiger partial charge in [0, 0.05) is 19.9 Å². The van der Waals surface area contributed by atoms with Crippen LogP contribution < -0.4 is 5.32 Å². The van der Waals surface area contributed by atoms with Crippen molar-refractivity contribution >= 4 is 11.9 Å². The largest absolute Gasteiger partial charge is 0.469 e. The van der Waals surface area contributed by atoms with E-state index in [4.69, 9.17) is 0 Å². The van der Waals surface area contributed by atoms with Crippen LogP contribution in [0.3, 0.4) is 0 Å². The van der Waals surface area contributed by atoms with Crippen LogP contribution in [0.5, 0.6) is 0 Å². The molecule has 80 valence electrons. The molecular weight excluding hydrogens is 182 g/mol. The van der Waals surface area contributed by atoms with Crippen molar-refractivity contribution in [2.45, 2.75) is 32.7 Å². The molecule has 0 spiro atoms. The molecule has 0 saturated heterocycles. The lowest BCUT2D eigenvalue weighted by atomic mass is 10.2. The molecule has 0 aromatic heterocycles. The molecule has 1 N–H and O–H groups in total. The second-order valence-corrected chi connectivity index (χ2v) is 3.01. The zero-order valence-corrected chi connectivity index (χ0v) is 8.87. The van der Waals surface area contributed by atoms with Gasteiger partial charge in [-0.15, -0.1) is 0 Å². The van der Waals surface area contributed by atoms with Crippen molar-refractivity contribution in [1.82, 2.24) is 5.32 Å². The normalized spacial score (nSPS) is 18.1. The van der Waals surface area contributed by atoms with Crippen LogP contribution in [0.1, 0.15) is 26.7 Å². The first-order valence-electron chi connectivity index (χ1n) is 4.54. The first kappa shape index (κ1) is 12.7. The van der Waals surface area contributed by atoms with E-state index < -0.39 is 0 Å². The van der Waals surface area contributed by atoms with Gasteiger partial charge in [0.05, 0.1) is 7.11 Å². The van der Waals surface area contributed by atoms with Gasteiger partial charge in [-0.25, -0.2) is 0 Å². The molecule has 1 atom stereocenters. The molecule has 4 heteroatoms. The minimum atomic E-state index is -0.245. The van der Waals surface area contributed by atoms with Crippen LogP contribution in [0.15, 0.2) is 12.2 Å². The number of nitrogens with one attached hydrogen (secondary N) is 1. The summed E-state index contributed by atoms with van der Waals surface area (Å²) < 4.78 is 4.11. The SMILES string of the molecule is CC(=O)NC1C=CCC1.COC(C)=O. The van der Waals surface area contributed by atoms with E-state index >= 15 is 0 Å². The first-order chi connectivity index (χ1) is 6.56. The molecule has 14 heavy (non-hydrogen) atoms. The molecule has 0 heterocycles. The van der Waals surface area contributed by atoms with E-state index in [0.717, 1.165) is 12.8 Å². The van der Waals surface area contributed by atoms with Crippen molar-refractivity contribution in [2.24, 2.45) is 0 Å². The first-order valence-corrected chi connectivity index (χ1v) is 4.54. The maximum absolute atomic E-state index is 10.5. The Morgan fingerprint density at radius 2 is 2.00 bits per heavy atom. The number of allylic oxidation sites excluding steroid dienone is 1. The Bertz CT molecular complexity index is 223. The fourth-order valence-corrected chi connectivity index (χ4v) is 1.01. The Morgan fingerprint density at radius 3 is 2.29 bits per heavy atom. The molecule has 0 aromatic rings. The van der Waals surface area contributed by atoms with Gasteiger partial charge in [-0.05, 0) is 12.8 Å². The molecule has 1 rings (SSSR count). The molecular formula is C10H17NO3. The van der Waals surface area contributed by atoms with Gasteiger partial charge in [0.1, 0.15) is 0 Å². The van der Waals surface area contributed by atoms with E-state index in [-0.39, 0.29) is 11.9 Å². The number of methoxy groups -OCH3 is 1. The van der Waals surface area contributed by atoms with Crippen molar-refractivity contribution in [1.29, 1.82) is 0 Å². The number of ether oxygens (including phenoxy) is 1. The molecule has 0 saturated carbocycles. The predicted octanol–water partition coefficient (Wildman–Crippen LogP) is 1.02. The zero-order chi connectivity index (χ0) is 11.0. The Labute approximate surface area is 84.3 Å². The summed E-state index contributed by atoms with van der Waals surface area (Å²) in [5.41, 5.74) is 0. The third-order valence-corrected chi connectivity index (χ3v) is 1.69. The molecule has 1 aliphatic carbocycles. The van der Waals surface area contributed by atoms with Crippen molar-refractivity contribution in [3.8, 4) is 0 Å². The lowest BCUT2D eigenvalue weighted by Gasteiger charge is -2.06. The van der Waals surface area contributed by atoms with Gasteiger partial charge in [0.2, 0.25) is 5.91 Å². The van der Waals surface area contributed by atoms with Crippen LogP contribution in [0.2, 0.25) is 0 Å². The highest BCUT2D eigenvalue weighted by Crippen LogP contribution is 2.07. The van der Waals surface area contributed by atoms with Crippen molar-refractivity contribution < 1.29 is 14.3 Å². The van der Waals surface area contributed by atoms with Gasteiger partial charge in [0.15, 0.2) is 0 Å². The van der Waals surface area contributed by atoms with E-state index in [9.17, 15) is 9.59 Å². The predicted molar refractivity (Wildman–Crippen MR) is 53.7 cm³/mol. The molecule has 0 bridgehead atoms. The summed E-state index contributed by atoms with van der Waals surface area (Å²) >= 11 is 0. The van der Waals surface area contributed by atoms with Crippen LogP contribution in [0, 0.1) is 0 Å². The summed E-state index contributed by atoms with van der Waals surface area (Å²) in [6, 6.07) is 0.308. The van der Waals surface area contributed by atoms with E-state index in [1.54, 1.807) is 6.92 Å². The second kappa shape index (κ2) is 7.12. The molecule has 1 aliphatic rings. The van der Waals surface area contributed by atoms with Gasteiger partial charge >= 0.3 is 5.97 Å². The second-order valence-electron chi connectivity index (χ2n) is 3.01. The zero-order valence-electron chi connectivity index (χ0n) is 8.87. The van der Waals surface area contributed by atoms with Crippen LogP contribution >= 0.6 is 0 Å². The number of carbonyl (C=O) groups excluding carboxylic acids is 2. The molecule has 1 unspecified atom stereocenters. The molecule has 0 radical (unpaired) electrons. The highest BCUT2D eigenvalue weighted by atomic mass is 16.5. The molecule has 1 amide bonds. The maximum atomic E-state index is 10.5. The third kappa shape index (κ3) is 7.34. The van der Waals surface area contributed by atoms with E-state index in [2.05, 4.69) is 16.1 Å². The number of esters is 1. The molecule has 4 nitrogen and oxygen atoms in total. The standard InChI is InChI=1S/C7H11NO.C3H6O2/c1-6(9)8-7-4-2-3-5-7;1-3(4)5-2/h2,4,7H,3,5H2,1H3,(H,8,9);1-2H3. The fourth-order valence-electron chi connectivity index (χ4n) is 1.01. The van der Waals surface area contributed by atoms with Gasteiger partial charge in [0.25, 0.3) is 0 Å². The van der Waals surface area contributed by atoms with E-state index in [1.807, 2.05) is 6.08 Å². The number of carbonyl (C=O) groups is 2. The van der Waals surface area contributed by atoms with Crippen molar-refractivity contribution in [3.05, 3.63) is 12.2 Å². The Kier molecular flexibility index (Phi) is 6.45. The summed E-state index contributed by atoms with van der Waals surface area (Å²) in [5, 5.41) is 2.82. The van der Waals surface area contributed by atoms with Gasteiger partial charge in [-0.2, -0.15) is 0 Å². The van der Waals surface area contributed by atoms with E-state index in [0.29, 0.717) is 6.04 Å². The third-order valence-electron chi connectivity index (χ3n) is 1.69. The quantitative estimate of drug-likeness (QED) is 0.506. The summed E-state index contributed by atoms with van der Waals surface area (Å²) in [6.45, 7) is 2.91. The van der Waals surface area contributed by atoms with Gasteiger partial charge in [-0.3, -0.25) is 9.59 Å². The van der Waals surface area contributed by atoms with E-state index in [1.165, 1.54) is 14.0 Å². The topological polar surface area (TPSA) is 55.4 Å². The van der Waals surface area contributed by atoms with Crippen LogP contribution in [-0.4, -0.2) is 25.0 Å². The number of rotatable bonds is 1. The monoisotopic (exact) mass is 199 g/mol. The summed E-state index contributed by atoms with van der Waals surface area (Å²) in [7, 11) is 1.35. The van der Waals surface area contributed by atoms with Gasteiger partial charge in [-0.1, -0.05) is 12.2 Å². The molecule has 0 aromatic carbocycles. The Morgan fingerprint density at radius 1 is 1.43 bits per heavy atom. The number of hydrogen-bond acceptors (Lipinski definition) is 3. The van der Waals surface area contributed by atoms with Crippen LogP contribution in [-0.2, 0) is 14.3 Å². The average Bonchev–Trinajstić information content (AvgIpc) is 2.57. The minimum absolute atomic E-state index is 0.0616. The highest BCUT2D eigenvalue weighted by Gasteiger charge is 2.08. The summed E-state index contributed by atoms with van der Waals surface area (Å²) in [4.78, 5) is 20.0. The fraction of sp³-hybridized carbons (Fsp3) is 0.600. The van der Waals surface area contributed by atoms with Gasteiger partial charge < -0.3 is 10.1 Å². The smallest absolute Gasteiger partial charge is 0.302 e. The van der Waals surface area contributed by atoms with Crippen molar-refractivity contribution in [3.63, 3.8) is 0 Å². The summed E-state index contributed by atoms with van der Waals surface area (Å²) in [6.07, 6.45) is 6.31. The lowest BCUT2D eigenvalue weighted by Crippen LogP contribution is -2.29. The lowest BCUT2D eigenvalue weighted by molar-refractivity contribution is -0.137. The van der Waals surface area contributed by atoms with Crippen LogP contribution in [0.4, 0.5) is 0 Å².